The van der Waals surface area contributed by atoms with Crippen molar-refractivity contribution in [1.82, 2.24) is 31.8 Å². The van der Waals surface area contributed by atoms with Crippen molar-refractivity contribution in [3.63, 3.8) is 0 Å². The van der Waals surface area contributed by atoms with Gasteiger partial charge in [0, 0.05) is 0 Å². The predicted molar refractivity (Wildman–Crippen MR) is 81.2 cm³/mol. The van der Waals surface area contributed by atoms with E-state index in [-0.39, 0.29) is 29.3 Å². The molecule has 2 aromatic rings. The summed E-state index contributed by atoms with van der Waals surface area (Å²) >= 11 is 0. The lowest BCUT2D eigenvalue weighted by atomic mass is 10.1. The molecule has 0 spiro atoms. The number of aliphatic hydroxyl groups excluding tert-OH is 2. The van der Waals surface area contributed by atoms with Gasteiger partial charge in [0.25, 0.3) is 0 Å². The number of nitrogens with two attached hydrogens (primary N) is 1. The van der Waals surface area contributed by atoms with E-state index in [1.807, 2.05) is 0 Å². The number of phosphoric ester groups is 1. The summed E-state index contributed by atoms with van der Waals surface area (Å²) in [6, 6.07) is 0. The maximum absolute atomic E-state index is 10.5. The monoisotopic (exact) mass is 381 g/mol. The third-order valence-corrected chi connectivity index (χ3v) is 3.86. The van der Waals surface area contributed by atoms with Crippen LogP contribution in [0.15, 0.2) is 12.7 Å². The molecule has 1 aliphatic heterocycles. The molecule has 2 aromatic heterocycles. The summed E-state index contributed by atoms with van der Waals surface area (Å²) in [7, 11) is -5.22. The molecule has 25 heavy (non-hydrogen) atoms. The largest absolute Gasteiger partial charge is 0.790 e. The number of phosphoric acid groups is 1. The van der Waals surface area contributed by atoms with Gasteiger partial charge in [-0.15, -0.1) is 0 Å². The summed E-state index contributed by atoms with van der Waals surface area (Å²) in [5.74, 6) is 0.125. The zero-order valence-corrected chi connectivity index (χ0v) is 14.3. The van der Waals surface area contributed by atoms with E-state index in [1.54, 1.807) is 0 Å². The molecule has 1 fully saturated rings. The standard InChI is InChI=1S/C10H14N5O7P.2H3N/c11-8-5-9(13-2-12-8)15(3-14-5)10-7(17)6(16)4(22-10)1-21-23(18,19)20;;/h2-4,6-7,10,16-17H,1H2,(H2,11,12,13)(H2,18,19,20);2*1H3/t4-,6-,7-,10-;;/m1../s1. The predicted octanol–water partition coefficient (Wildman–Crippen LogP) is -2.37. The number of ether oxygens (including phenoxy) is 1. The van der Waals surface area contributed by atoms with E-state index < -0.39 is 39.0 Å². The van der Waals surface area contributed by atoms with Gasteiger partial charge in [-0.25, -0.2) is 15.0 Å². The molecule has 3 heterocycles. The van der Waals surface area contributed by atoms with Crippen LogP contribution in [0.5, 0.6) is 0 Å². The van der Waals surface area contributed by atoms with E-state index in [0.717, 1.165) is 0 Å². The number of nitrogens with zero attached hydrogens (tertiary/aromatic N) is 4. The van der Waals surface area contributed by atoms with Gasteiger partial charge in [-0.3, -0.25) is 4.57 Å². The zero-order chi connectivity index (χ0) is 16.8. The molecule has 3 rings (SSSR count). The zero-order valence-electron chi connectivity index (χ0n) is 13.4. The molecular weight excluding hydrogens is 361 g/mol. The van der Waals surface area contributed by atoms with E-state index in [9.17, 15) is 24.6 Å². The molecule has 4 atom stereocenters. The van der Waals surface area contributed by atoms with Crippen LogP contribution in [0.3, 0.4) is 0 Å². The van der Waals surface area contributed by atoms with Gasteiger partial charge in [0.05, 0.1) is 20.8 Å². The number of hydrogen-bond donors (Lipinski definition) is 5. The number of rotatable bonds is 4. The Labute approximate surface area is 141 Å². The van der Waals surface area contributed by atoms with Crippen molar-refractivity contribution in [3.05, 3.63) is 12.7 Å². The first-order valence-corrected chi connectivity index (χ1v) is 7.85. The second-order valence-corrected chi connectivity index (χ2v) is 6.02. The van der Waals surface area contributed by atoms with Crippen LogP contribution in [0, 0.1) is 0 Å². The maximum Gasteiger partial charge on any atom is 0.167 e. The van der Waals surface area contributed by atoms with Crippen molar-refractivity contribution in [2.45, 2.75) is 24.5 Å². The van der Waals surface area contributed by atoms with Crippen molar-refractivity contribution < 1.29 is 33.8 Å². The quantitative estimate of drug-likeness (QED) is 0.349. The molecule has 0 amide bonds. The lowest BCUT2D eigenvalue weighted by Crippen LogP contribution is -2.34. The molecule has 14 nitrogen and oxygen atoms in total. The van der Waals surface area contributed by atoms with Gasteiger partial charge in [-0.2, -0.15) is 0 Å². The van der Waals surface area contributed by atoms with E-state index in [0.29, 0.717) is 0 Å². The fourth-order valence-corrected chi connectivity index (χ4v) is 2.65. The van der Waals surface area contributed by atoms with Gasteiger partial charge in [0.15, 0.2) is 17.7 Å². The topological polar surface area (TPSA) is 265 Å². The normalized spacial score (nSPS) is 26.2. The number of nitrogen functional groups attached to an aromatic ring is 1. The van der Waals surface area contributed by atoms with E-state index in [1.165, 1.54) is 17.2 Å². The number of aliphatic hydroxyl groups is 2. The number of hydrogen-bond acceptors (Lipinski definition) is 11. The maximum atomic E-state index is 10.5. The van der Waals surface area contributed by atoms with Gasteiger partial charge in [0.1, 0.15) is 30.2 Å². The second kappa shape index (κ2) is 7.65. The smallest absolute Gasteiger partial charge is 0.167 e. The summed E-state index contributed by atoms with van der Waals surface area (Å²) < 4.78 is 21.3. The minimum atomic E-state index is -5.22. The lowest BCUT2D eigenvalue weighted by Gasteiger charge is -2.30. The highest BCUT2D eigenvalue weighted by Crippen LogP contribution is 2.34. The number of anilines is 1. The summed E-state index contributed by atoms with van der Waals surface area (Å²) in [6.07, 6.45) is -2.75. The molecule has 12 N–H and O–H groups in total. The molecule has 1 saturated heterocycles. The average Bonchev–Trinajstić information content (AvgIpc) is 3.01. The van der Waals surface area contributed by atoms with Crippen LogP contribution in [0.1, 0.15) is 6.23 Å². The minimum absolute atomic E-state index is 0. The molecule has 0 aromatic carbocycles. The summed E-state index contributed by atoms with van der Waals surface area (Å²) in [5.41, 5.74) is 6.19. The first kappa shape index (κ1) is 21.3. The molecule has 15 heteroatoms. The Bertz CT molecular complexity index is 767. The average molecular weight is 381 g/mol. The van der Waals surface area contributed by atoms with Crippen molar-refractivity contribution in [2.24, 2.45) is 0 Å². The second-order valence-electron chi connectivity index (χ2n) is 4.87. The van der Waals surface area contributed by atoms with Crippen LogP contribution < -0.4 is 27.8 Å². The molecule has 0 saturated carbocycles. The molecule has 0 bridgehead atoms. The van der Waals surface area contributed by atoms with Gasteiger partial charge in [-0.1, -0.05) is 0 Å². The number of quaternary nitrogens is 2. The number of fused-ring (bicyclic) bond motifs is 1. The molecule has 1 aliphatic rings. The minimum Gasteiger partial charge on any atom is -0.790 e. The lowest BCUT2D eigenvalue weighted by molar-refractivity contribution is -0.343. The molecule has 142 valence electrons. The highest BCUT2D eigenvalue weighted by atomic mass is 31.2. The van der Waals surface area contributed by atoms with Gasteiger partial charge in [0.2, 0.25) is 0 Å². The first-order chi connectivity index (χ1) is 10.8. The van der Waals surface area contributed by atoms with Crippen LogP contribution in [-0.4, -0.2) is 54.7 Å². The van der Waals surface area contributed by atoms with Crippen molar-refractivity contribution in [1.29, 1.82) is 0 Å². The van der Waals surface area contributed by atoms with Crippen molar-refractivity contribution in [3.8, 4) is 0 Å². The van der Waals surface area contributed by atoms with Crippen molar-refractivity contribution in [2.75, 3.05) is 12.3 Å². The van der Waals surface area contributed by atoms with Crippen LogP contribution in [0.25, 0.3) is 11.2 Å². The van der Waals surface area contributed by atoms with E-state index >= 15 is 0 Å². The fraction of sp³-hybridized carbons (Fsp3) is 0.500. The molecule has 0 radical (unpaired) electrons. The fourth-order valence-electron chi connectivity index (χ4n) is 2.32. The first-order valence-electron chi connectivity index (χ1n) is 6.39. The van der Waals surface area contributed by atoms with Crippen LogP contribution in [-0.2, 0) is 13.8 Å². The summed E-state index contributed by atoms with van der Waals surface area (Å²) in [5, 5.41) is 20.0. The van der Waals surface area contributed by atoms with Gasteiger partial charge < -0.3 is 51.9 Å². The van der Waals surface area contributed by atoms with Gasteiger partial charge in [-0.05, 0) is 0 Å². The Balaban J connectivity index is 0.00000156. The summed E-state index contributed by atoms with van der Waals surface area (Å²) in [6.45, 7) is -0.719. The number of imidazole rings is 1. The van der Waals surface area contributed by atoms with Crippen LogP contribution in [0.2, 0.25) is 0 Å². The molecule has 0 unspecified atom stereocenters. The molecule has 0 aliphatic carbocycles. The van der Waals surface area contributed by atoms with E-state index in [4.69, 9.17) is 10.5 Å². The van der Waals surface area contributed by atoms with Crippen LogP contribution >= 0.6 is 7.82 Å². The highest BCUT2D eigenvalue weighted by Gasteiger charge is 2.44. The Hall–Kier alpha value is -1.74. The Kier molecular flexibility index (Phi) is 6.52. The number of aromatic nitrogens is 4. The van der Waals surface area contributed by atoms with Crippen molar-refractivity contribution >= 4 is 24.8 Å². The third-order valence-electron chi connectivity index (χ3n) is 3.40. The Morgan fingerprint density at radius 1 is 1.28 bits per heavy atom. The van der Waals surface area contributed by atoms with Crippen LogP contribution in [0.4, 0.5) is 5.82 Å². The highest BCUT2D eigenvalue weighted by molar-refractivity contribution is 7.43. The Morgan fingerprint density at radius 3 is 2.60 bits per heavy atom. The third kappa shape index (κ3) is 4.09. The Morgan fingerprint density at radius 2 is 1.96 bits per heavy atom. The molecular formula is C10H20N7O7P. The van der Waals surface area contributed by atoms with Gasteiger partial charge >= 0.3 is 0 Å². The summed E-state index contributed by atoms with van der Waals surface area (Å²) in [4.78, 5) is 32.8. The SMILES string of the molecule is Nc1ncnc2c1ncn2[C@@H]1O[C@H](COP(=O)([O-])[O-])[C@@H](O)[C@H]1O.[NH4+].[NH4+]. The van der Waals surface area contributed by atoms with E-state index in [2.05, 4.69) is 19.5 Å².